The molecule has 112 valence electrons. The summed E-state index contributed by atoms with van der Waals surface area (Å²) in [5.74, 6) is 0.664. The Bertz CT molecular complexity index is 702. The Morgan fingerprint density at radius 3 is 2.41 bits per heavy atom. The topological polar surface area (TPSA) is 53.3 Å². The van der Waals surface area contributed by atoms with Gasteiger partial charge in [-0.15, -0.1) is 0 Å². The van der Waals surface area contributed by atoms with Gasteiger partial charge in [0, 0.05) is 18.2 Å². The van der Waals surface area contributed by atoms with Gasteiger partial charge in [0.25, 0.3) is 5.91 Å². The zero-order chi connectivity index (χ0) is 16.1. The number of ether oxygens (including phenoxy) is 1. The predicted molar refractivity (Wildman–Crippen MR) is 84.7 cm³/mol. The molecule has 22 heavy (non-hydrogen) atoms. The highest BCUT2D eigenvalue weighted by molar-refractivity contribution is 5.94. The Morgan fingerprint density at radius 2 is 1.82 bits per heavy atom. The van der Waals surface area contributed by atoms with Crippen LogP contribution in [0.25, 0.3) is 0 Å². The van der Waals surface area contributed by atoms with Crippen LogP contribution in [-0.2, 0) is 0 Å². The molecule has 0 heterocycles. The highest BCUT2D eigenvalue weighted by Gasteiger charge is 2.21. The minimum absolute atomic E-state index is 0.0945. The Morgan fingerprint density at radius 1 is 1.18 bits per heavy atom. The monoisotopic (exact) mass is 294 g/mol. The summed E-state index contributed by atoms with van der Waals surface area (Å²) in [5, 5.41) is 8.81. The molecule has 4 heteroatoms. The molecule has 0 aromatic heterocycles. The van der Waals surface area contributed by atoms with Gasteiger partial charge in [0.15, 0.2) is 0 Å². The number of hydrogen-bond donors (Lipinski definition) is 0. The summed E-state index contributed by atoms with van der Waals surface area (Å²) in [6.45, 7) is 1.96. The molecule has 0 bridgehead atoms. The molecule has 0 saturated carbocycles. The van der Waals surface area contributed by atoms with Crippen molar-refractivity contribution in [1.29, 1.82) is 5.26 Å². The molecule has 1 unspecified atom stereocenters. The molecule has 4 nitrogen and oxygen atoms in total. The second-order valence-electron chi connectivity index (χ2n) is 5.02. The van der Waals surface area contributed by atoms with E-state index in [9.17, 15) is 4.79 Å². The second kappa shape index (κ2) is 6.77. The van der Waals surface area contributed by atoms with E-state index < -0.39 is 0 Å². The zero-order valence-corrected chi connectivity index (χ0v) is 12.9. The molecule has 1 amide bonds. The van der Waals surface area contributed by atoms with Crippen LogP contribution >= 0.6 is 0 Å². The predicted octanol–water partition coefficient (Wildman–Crippen LogP) is 3.40. The first kappa shape index (κ1) is 15.6. The highest BCUT2D eigenvalue weighted by Crippen LogP contribution is 2.28. The summed E-state index contributed by atoms with van der Waals surface area (Å²) in [6, 6.07) is 16.2. The van der Waals surface area contributed by atoms with Crippen LogP contribution in [0, 0.1) is 11.3 Å². The number of methoxy groups -OCH3 is 1. The molecular formula is C18H18N2O2. The minimum Gasteiger partial charge on any atom is -0.496 e. The number of carbonyl (C=O) groups is 1. The van der Waals surface area contributed by atoms with E-state index in [4.69, 9.17) is 10.00 Å². The van der Waals surface area contributed by atoms with Crippen molar-refractivity contribution < 1.29 is 9.53 Å². The summed E-state index contributed by atoms with van der Waals surface area (Å²) < 4.78 is 5.36. The smallest absolute Gasteiger partial charge is 0.254 e. The van der Waals surface area contributed by atoms with Crippen molar-refractivity contribution in [2.24, 2.45) is 0 Å². The highest BCUT2D eigenvalue weighted by atomic mass is 16.5. The van der Waals surface area contributed by atoms with Crippen LogP contribution in [0.15, 0.2) is 48.5 Å². The summed E-state index contributed by atoms with van der Waals surface area (Å²) in [7, 11) is 3.38. The van der Waals surface area contributed by atoms with Gasteiger partial charge in [0.2, 0.25) is 0 Å². The van der Waals surface area contributed by atoms with Gasteiger partial charge in [-0.3, -0.25) is 4.79 Å². The Kier molecular flexibility index (Phi) is 4.80. The van der Waals surface area contributed by atoms with Gasteiger partial charge in [0.1, 0.15) is 5.75 Å². The Balaban J connectivity index is 2.24. The van der Waals surface area contributed by atoms with Gasteiger partial charge in [0.05, 0.1) is 24.8 Å². The number of benzene rings is 2. The van der Waals surface area contributed by atoms with Gasteiger partial charge in [-0.25, -0.2) is 0 Å². The maximum atomic E-state index is 12.6. The van der Waals surface area contributed by atoms with E-state index in [1.54, 1.807) is 43.3 Å². The van der Waals surface area contributed by atoms with Crippen molar-refractivity contribution in [2.45, 2.75) is 13.0 Å². The van der Waals surface area contributed by atoms with Crippen LogP contribution in [0.1, 0.15) is 34.5 Å². The average Bonchev–Trinajstić information content (AvgIpc) is 2.59. The lowest BCUT2D eigenvalue weighted by atomic mass is 10.0. The van der Waals surface area contributed by atoms with Crippen LogP contribution in [0.4, 0.5) is 0 Å². The van der Waals surface area contributed by atoms with Gasteiger partial charge in [-0.05, 0) is 37.3 Å². The molecule has 0 fully saturated rings. The lowest BCUT2D eigenvalue weighted by molar-refractivity contribution is 0.0741. The van der Waals surface area contributed by atoms with Crippen molar-refractivity contribution >= 4 is 5.91 Å². The lowest BCUT2D eigenvalue weighted by Crippen LogP contribution is -2.29. The second-order valence-corrected chi connectivity index (χ2v) is 5.02. The maximum absolute atomic E-state index is 12.6. The van der Waals surface area contributed by atoms with E-state index in [2.05, 4.69) is 0 Å². The zero-order valence-electron chi connectivity index (χ0n) is 12.9. The molecule has 0 saturated heterocycles. The third-order valence-electron chi connectivity index (χ3n) is 3.75. The molecule has 2 aromatic rings. The van der Waals surface area contributed by atoms with Gasteiger partial charge < -0.3 is 9.64 Å². The molecule has 0 aliphatic rings. The first-order valence-corrected chi connectivity index (χ1v) is 6.98. The van der Waals surface area contributed by atoms with Crippen LogP contribution in [0.3, 0.4) is 0 Å². The average molecular weight is 294 g/mol. The van der Waals surface area contributed by atoms with Crippen LogP contribution < -0.4 is 4.74 Å². The maximum Gasteiger partial charge on any atom is 0.254 e. The van der Waals surface area contributed by atoms with E-state index >= 15 is 0 Å². The fraction of sp³-hybridized carbons (Fsp3) is 0.222. The van der Waals surface area contributed by atoms with Crippen molar-refractivity contribution in [3.63, 3.8) is 0 Å². The molecule has 0 radical (unpaired) electrons. The largest absolute Gasteiger partial charge is 0.496 e. The fourth-order valence-corrected chi connectivity index (χ4v) is 2.29. The number of rotatable bonds is 4. The number of hydrogen-bond acceptors (Lipinski definition) is 3. The number of amides is 1. The summed E-state index contributed by atoms with van der Waals surface area (Å²) in [6.07, 6.45) is 0. The van der Waals surface area contributed by atoms with E-state index in [0.29, 0.717) is 11.1 Å². The van der Waals surface area contributed by atoms with Crippen molar-refractivity contribution in [3.05, 3.63) is 65.2 Å². The van der Waals surface area contributed by atoms with E-state index in [1.165, 1.54) is 0 Å². The number of nitrogens with zero attached hydrogens (tertiary/aromatic N) is 2. The third kappa shape index (κ3) is 3.09. The van der Waals surface area contributed by atoms with Gasteiger partial charge in [-0.2, -0.15) is 5.26 Å². The van der Waals surface area contributed by atoms with Crippen LogP contribution in [-0.4, -0.2) is 25.0 Å². The standard InChI is InChI=1S/C18H18N2O2/c1-13(16-6-4-5-7-17(16)22-3)20(2)18(21)15-10-8-14(12-19)9-11-15/h4-11,13H,1-3H3. The van der Waals surface area contributed by atoms with E-state index in [-0.39, 0.29) is 11.9 Å². The fourth-order valence-electron chi connectivity index (χ4n) is 2.29. The van der Waals surface area contributed by atoms with E-state index in [1.807, 2.05) is 37.3 Å². The molecule has 0 N–H and O–H groups in total. The SMILES string of the molecule is COc1ccccc1C(C)N(C)C(=O)c1ccc(C#N)cc1. The number of nitriles is 1. The number of para-hydroxylation sites is 1. The normalized spacial score (nSPS) is 11.4. The molecule has 2 aromatic carbocycles. The van der Waals surface area contributed by atoms with Crippen molar-refractivity contribution in [3.8, 4) is 11.8 Å². The first-order chi connectivity index (χ1) is 10.6. The Hall–Kier alpha value is -2.80. The summed E-state index contributed by atoms with van der Waals surface area (Å²) in [5.41, 5.74) is 2.05. The summed E-state index contributed by atoms with van der Waals surface area (Å²) in [4.78, 5) is 14.2. The molecule has 0 aliphatic heterocycles. The van der Waals surface area contributed by atoms with Gasteiger partial charge in [-0.1, -0.05) is 18.2 Å². The third-order valence-corrected chi connectivity index (χ3v) is 3.75. The molecule has 0 aliphatic carbocycles. The molecular weight excluding hydrogens is 276 g/mol. The van der Waals surface area contributed by atoms with Crippen LogP contribution in [0.5, 0.6) is 5.75 Å². The van der Waals surface area contributed by atoms with Crippen molar-refractivity contribution in [2.75, 3.05) is 14.2 Å². The Labute approximate surface area is 130 Å². The number of carbonyl (C=O) groups excluding carboxylic acids is 1. The molecule has 1 atom stereocenters. The molecule has 0 spiro atoms. The van der Waals surface area contributed by atoms with Crippen molar-refractivity contribution in [1.82, 2.24) is 4.90 Å². The van der Waals surface area contributed by atoms with Gasteiger partial charge >= 0.3 is 0 Å². The quantitative estimate of drug-likeness (QED) is 0.868. The summed E-state index contributed by atoms with van der Waals surface area (Å²) >= 11 is 0. The van der Waals surface area contributed by atoms with Crippen LogP contribution in [0.2, 0.25) is 0 Å². The van der Waals surface area contributed by atoms with E-state index in [0.717, 1.165) is 11.3 Å². The first-order valence-electron chi connectivity index (χ1n) is 6.98. The minimum atomic E-state index is -0.126. The lowest BCUT2D eigenvalue weighted by Gasteiger charge is -2.26. The molecule has 2 rings (SSSR count).